The highest BCUT2D eigenvalue weighted by Gasteiger charge is 2.13. The molecule has 2 aromatic rings. The van der Waals surface area contributed by atoms with E-state index in [4.69, 9.17) is 4.74 Å². The van der Waals surface area contributed by atoms with Crippen molar-refractivity contribution in [1.29, 1.82) is 0 Å². The summed E-state index contributed by atoms with van der Waals surface area (Å²) in [6.45, 7) is 4.05. The second-order valence-electron chi connectivity index (χ2n) is 5.36. The van der Waals surface area contributed by atoms with Crippen LogP contribution < -0.4 is 10.1 Å². The number of aromatic nitrogens is 2. The third kappa shape index (κ3) is 4.55. The fourth-order valence-electron chi connectivity index (χ4n) is 2.34. The number of carbonyl (C=O) groups is 1. The van der Waals surface area contributed by atoms with E-state index in [0.717, 1.165) is 5.69 Å². The van der Waals surface area contributed by atoms with Crippen LogP contribution in [0.25, 0.3) is 0 Å². The average Bonchev–Trinajstić information content (AvgIpc) is 2.92. The van der Waals surface area contributed by atoms with E-state index in [-0.39, 0.29) is 17.7 Å². The lowest BCUT2D eigenvalue weighted by Crippen LogP contribution is -2.27. The van der Waals surface area contributed by atoms with Gasteiger partial charge in [0.2, 0.25) is 5.91 Å². The van der Waals surface area contributed by atoms with Gasteiger partial charge in [-0.25, -0.2) is 4.39 Å². The maximum atomic E-state index is 13.9. The molecule has 0 aliphatic heterocycles. The molecule has 0 radical (unpaired) electrons. The molecule has 124 valence electrons. The first-order chi connectivity index (χ1) is 11.0. The van der Waals surface area contributed by atoms with Gasteiger partial charge in [0.05, 0.1) is 12.6 Å². The summed E-state index contributed by atoms with van der Waals surface area (Å²) in [4.78, 5) is 12.0. The molecular weight excluding hydrogens is 297 g/mol. The normalized spacial score (nSPS) is 12.0. The quantitative estimate of drug-likeness (QED) is 0.854. The van der Waals surface area contributed by atoms with Gasteiger partial charge in [-0.05, 0) is 44.0 Å². The summed E-state index contributed by atoms with van der Waals surface area (Å²) in [7, 11) is 1.85. The second-order valence-corrected chi connectivity index (χ2v) is 5.36. The standard InChI is InChI=1S/C17H22FN3O2/c1-4-23-16-7-5-13(11-15(16)18)12(2)20-17(22)8-6-14-9-10-19-21(14)3/h5,7,9-12H,4,6,8H2,1-3H3,(H,20,22)/t12-/m0/s1. The molecule has 0 aliphatic carbocycles. The minimum Gasteiger partial charge on any atom is -0.491 e. The van der Waals surface area contributed by atoms with Crippen LogP contribution in [0.3, 0.4) is 0 Å². The first kappa shape index (κ1) is 17.0. The number of ether oxygens (including phenoxy) is 1. The largest absolute Gasteiger partial charge is 0.491 e. The maximum Gasteiger partial charge on any atom is 0.220 e. The van der Waals surface area contributed by atoms with Gasteiger partial charge in [0.1, 0.15) is 0 Å². The number of aryl methyl sites for hydroxylation is 2. The first-order valence-corrected chi connectivity index (χ1v) is 7.69. The Morgan fingerprint density at radius 1 is 1.43 bits per heavy atom. The minimum atomic E-state index is -0.416. The molecule has 1 atom stereocenters. The summed E-state index contributed by atoms with van der Waals surface area (Å²) in [5.41, 5.74) is 1.71. The number of hydrogen-bond donors (Lipinski definition) is 1. The van der Waals surface area contributed by atoms with E-state index in [1.54, 1.807) is 29.9 Å². The molecule has 0 bridgehead atoms. The van der Waals surface area contributed by atoms with Crippen LogP contribution in [-0.2, 0) is 18.3 Å². The first-order valence-electron chi connectivity index (χ1n) is 7.69. The Kier molecular flexibility index (Phi) is 5.73. The highest BCUT2D eigenvalue weighted by molar-refractivity contribution is 5.76. The molecule has 1 amide bonds. The Balaban J connectivity index is 1.90. The van der Waals surface area contributed by atoms with Gasteiger partial charge in [-0.1, -0.05) is 6.07 Å². The number of benzene rings is 1. The van der Waals surface area contributed by atoms with E-state index >= 15 is 0 Å². The van der Waals surface area contributed by atoms with Crippen LogP contribution in [0, 0.1) is 5.82 Å². The minimum absolute atomic E-state index is 0.0759. The predicted octanol–water partition coefficient (Wildman–Crippen LogP) is 2.77. The molecule has 2 rings (SSSR count). The summed E-state index contributed by atoms with van der Waals surface area (Å²) in [6, 6.07) is 6.38. The molecule has 6 heteroatoms. The molecule has 0 fully saturated rings. The highest BCUT2D eigenvalue weighted by Crippen LogP contribution is 2.22. The fourth-order valence-corrected chi connectivity index (χ4v) is 2.34. The van der Waals surface area contributed by atoms with Gasteiger partial charge in [0.25, 0.3) is 0 Å². The molecular formula is C17H22FN3O2. The summed E-state index contributed by atoms with van der Waals surface area (Å²) >= 11 is 0. The average molecular weight is 319 g/mol. The van der Waals surface area contributed by atoms with Crippen molar-refractivity contribution in [3.63, 3.8) is 0 Å². The third-order valence-electron chi connectivity index (χ3n) is 3.66. The molecule has 0 aliphatic rings. The monoisotopic (exact) mass is 319 g/mol. The molecule has 1 heterocycles. The summed E-state index contributed by atoms with van der Waals surface area (Å²) < 4.78 is 20.8. The van der Waals surface area contributed by atoms with Crippen LogP contribution in [-0.4, -0.2) is 22.3 Å². The number of rotatable bonds is 7. The van der Waals surface area contributed by atoms with Crippen LogP contribution in [0.1, 0.15) is 37.6 Å². The maximum absolute atomic E-state index is 13.9. The van der Waals surface area contributed by atoms with Crippen molar-refractivity contribution in [2.75, 3.05) is 6.61 Å². The Hall–Kier alpha value is -2.37. The van der Waals surface area contributed by atoms with Crippen LogP contribution in [0.2, 0.25) is 0 Å². The molecule has 0 saturated heterocycles. The van der Waals surface area contributed by atoms with Crippen LogP contribution >= 0.6 is 0 Å². The summed E-state index contributed by atoms with van der Waals surface area (Å²) in [6.07, 6.45) is 2.69. The SMILES string of the molecule is CCOc1ccc([C@H](C)NC(=O)CCc2ccnn2C)cc1F. The van der Waals surface area contributed by atoms with Crippen LogP contribution in [0.4, 0.5) is 4.39 Å². The smallest absolute Gasteiger partial charge is 0.220 e. The van der Waals surface area contributed by atoms with Crippen LogP contribution in [0.15, 0.2) is 30.5 Å². The van der Waals surface area contributed by atoms with Gasteiger partial charge in [0, 0.05) is 25.4 Å². The second kappa shape index (κ2) is 7.76. The molecule has 23 heavy (non-hydrogen) atoms. The van der Waals surface area contributed by atoms with Crippen molar-refractivity contribution in [3.8, 4) is 5.75 Å². The molecule has 1 aromatic heterocycles. The van der Waals surface area contributed by atoms with Crippen molar-refractivity contribution in [1.82, 2.24) is 15.1 Å². The predicted molar refractivity (Wildman–Crippen MR) is 85.7 cm³/mol. The number of carbonyl (C=O) groups excluding carboxylic acids is 1. The zero-order valence-corrected chi connectivity index (χ0v) is 13.7. The molecule has 1 N–H and O–H groups in total. The van der Waals surface area contributed by atoms with E-state index in [9.17, 15) is 9.18 Å². The van der Waals surface area contributed by atoms with Gasteiger partial charge in [-0.2, -0.15) is 5.10 Å². The molecule has 1 aromatic carbocycles. The van der Waals surface area contributed by atoms with Gasteiger partial charge in [-0.15, -0.1) is 0 Å². The van der Waals surface area contributed by atoms with E-state index < -0.39 is 5.82 Å². The van der Waals surface area contributed by atoms with Crippen molar-refractivity contribution >= 4 is 5.91 Å². The van der Waals surface area contributed by atoms with Gasteiger partial charge in [-0.3, -0.25) is 9.48 Å². The van der Waals surface area contributed by atoms with Gasteiger partial charge >= 0.3 is 0 Å². The summed E-state index contributed by atoms with van der Waals surface area (Å²) in [5, 5.41) is 6.95. The lowest BCUT2D eigenvalue weighted by atomic mass is 10.1. The van der Waals surface area contributed by atoms with Crippen LogP contribution in [0.5, 0.6) is 5.75 Å². The van der Waals surface area contributed by atoms with Crippen molar-refractivity contribution in [2.45, 2.75) is 32.7 Å². The number of nitrogens with zero attached hydrogens (tertiary/aromatic N) is 2. The highest BCUT2D eigenvalue weighted by atomic mass is 19.1. The van der Waals surface area contributed by atoms with E-state index in [1.807, 2.05) is 20.0 Å². The Morgan fingerprint density at radius 3 is 2.83 bits per heavy atom. The number of nitrogens with one attached hydrogen (secondary N) is 1. The topological polar surface area (TPSA) is 56.1 Å². The Labute approximate surface area is 135 Å². The molecule has 5 nitrogen and oxygen atoms in total. The van der Waals surface area contributed by atoms with Gasteiger partial charge < -0.3 is 10.1 Å². The third-order valence-corrected chi connectivity index (χ3v) is 3.66. The Bertz CT molecular complexity index is 670. The van der Waals surface area contributed by atoms with Crippen molar-refractivity contribution in [2.24, 2.45) is 7.05 Å². The number of hydrogen-bond acceptors (Lipinski definition) is 3. The van der Waals surface area contributed by atoms with E-state index in [1.165, 1.54) is 6.07 Å². The lowest BCUT2D eigenvalue weighted by molar-refractivity contribution is -0.121. The van der Waals surface area contributed by atoms with E-state index in [2.05, 4.69) is 10.4 Å². The zero-order chi connectivity index (χ0) is 16.8. The summed E-state index contributed by atoms with van der Waals surface area (Å²) in [5.74, 6) is -0.265. The number of halogens is 1. The molecule has 0 spiro atoms. The lowest BCUT2D eigenvalue weighted by Gasteiger charge is -2.15. The zero-order valence-electron chi connectivity index (χ0n) is 13.7. The van der Waals surface area contributed by atoms with Crippen molar-refractivity contribution < 1.29 is 13.9 Å². The van der Waals surface area contributed by atoms with Crippen molar-refractivity contribution in [3.05, 3.63) is 47.5 Å². The molecule has 0 unspecified atom stereocenters. The Morgan fingerprint density at radius 2 is 2.22 bits per heavy atom. The fraction of sp³-hybridized carbons (Fsp3) is 0.412. The molecule has 0 saturated carbocycles. The van der Waals surface area contributed by atoms with Gasteiger partial charge in [0.15, 0.2) is 11.6 Å². The van der Waals surface area contributed by atoms with E-state index in [0.29, 0.717) is 25.0 Å². The number of amides is 1.